The van der Waals surface area contributed by atoms with E-state index >= 15 is 0 Å². The van der Waals surface area contributed by atoms with E-state index in [9.17, 15) is 14.4 Å². The van der Waals surface area contributed by atoms with Crippen molar-refractivity contribution in [3.63, 3.8) is 0 Å². The van der Waals surface area contributed by atoms with Gasteiger partial charge in [0.25, 0.3) is 0 Å². The topological polar surface area (TPSA) is 79.9 Å². The SMILES string of the molecule is CCC=CC=CC=O.O=Cc1ccc[nH]1.O=Cc1ccncc1. The molecule has 0 saturated carbocycles. The number of nitrogens with one attached hydrogen (secondary N) is 1. The van der Waals surface area contributed by atoms with Gasteiger partial charge in [-0.05, 0) is 36.8 Å². The Kier molecular flexibility index (Phi) is 13.3. The molecule has 120 valence electrons. The summed E-state index contributed by atoms with van der Waals surface area (Å²) < 4.78 is 0. The molecule has 0 aromatic carbocycles. The van der Waals surface area contributed by atoms with Gasteiger partial charge in [-0.15, -0.1) is 0 Å². The lowest BCUT2D eigenvalue weighted by Gasteiger charge is -1.81. The number of carbonyl (C=O) groups is 3. The molecule has 0 aliphatic rings. The number of aromatic nitrogens is 2. The minimum atomic E-state index is 0.625. The predicted molar refractivity (Wildman–Crippen MR) is 90.4 cm³/mol. The summed E-state index contributed by atoms with van der Waals surface area (Å²) in [4.78, 5) is 35.9. The Bertz CT molecular complexity index is 588. The van der Waals surface area contributed by atoms with Crippen LogP contribution in [0.2, 0.25) is 0 Å². The van der Waals surface area contributed by atoms with Crippen molar-refractivity contribution in [2.45, 2.75) is 13.3 Å². The van der Waals surface area contributed by atoms with Gasteiger partial charge in [-0.2, -0.15) is 0 Å². The molecule has 2 rings (SSSR count). The van der Waals surface area contributed by atoms with Gasteiger partial charge in [-0.3, -0.25) is 19.4 Å². The number of nitrogens with zero attached hydrogens (tertiary/aromatic N) is 1. The van der Waals surface area contributed by atoms with E-state index in [4.69, 9.17) is 0 Å². The fraction of sp³-hybridized carbons (Fsp3) is 0.111. The van der Waals surface area contributed by atoms with Crippen molar-refractivity contribution in [3.05, 3.63) is 78.4 Å². The molecule has 0 saturated heterocycles. The van der Waals surface area contributed by atoms with Crippen LogP contribution in [0.15, 0.2) is 67.2 Å². The predicted octanol–water partition coefficient (Wildman–Crippen LogP) is 3.43. The van der Waals surface area contributed by atoms with Crippen LogP contribution < -0.4 is 0 Å². The van der Waals surface area contributed by atoms with E-state index in [2.05, 4.69) is 9.97 Å². The van der Waals surface area contributed by atoms with Crippen LogP contribution in [0.3, 0.4) is 0 Å². The van der Waals surface area contributed by atoms with Crippen LogP contribution >= 0.6 is 0 Å². The lowest BCUT2D eigenvalue weighted by atomic mass is 10.3. The molecular weight excluding hydrogens is 292 g/mol. The lowest BCUT2D eigenvalue weighted by Crippen LogP contribution is -1.76. The Morgan fingerprint density at radius 1 is 1.00 bits per heavy atom. The third-order valence-electron chi connectivity index (χ3n) is 2.26. The number of hydrogen-bond donors (Lipinski definition) is 1. The Labute approximate surface area is 135 Å². The quantitative estimate of drug-likeness (QED) is 0.521. The number of aldehydes is 3. The van der Waals surface area contributed by atoms with Crippen molar-refractivity contribution in [2.24, 2.45) is 0 Å². The van der Waals surface area contributed by atoms with Crippen LogP contribution in [0.4, 0.5) is 0 Å². The second-order valence-corrected chi connectivity index (χ2v) is 4.00. The molecule has 5 nitrogen and oxygen atoms in total. The van der Waals surface area contributed by atoms with Gasteiger partial charge in [-0.25, -0.2) is 0 Å². The largest absolute Gasteiger partial charge is 0.359 e. The maximum atomic E-state index is 9.98. The standard InChI is InChI=1S/C7H10O.C6H5NO.C5H5NO/c1-2-3-4-5-6-7-8;8-5-6-1-3-7-4-2-6;7-4-5-2-1-3-6-5/h3-7H,2H2,1H3;1-5H;1-4,6H. The smallest absolute Gasteiger partial charge is 0.166 e. The molecule has 0 aliphatic heterocycles. The average Bonchev–Trinajstić information content (AvgIpc) is 3.14. The van der Waals surface area contributed by atoms with Gasteiger partial charge < -0.3 is 4.98 Å². The highest BCUT2D eigenvalue weighted by Gasteiger charge is 1.81. The van der Waals surface area contributed by atoms with Crippen LogP contribution in [-0.2, 0) is 4.79 Å². The molecule has 1 N–H and O–H groups in total. The first-order valence-electron chi connectivity index (χ1n) is 6.99. The lowest BCUT2D eigenvalue weighted by molar-refractivity contribution is -0.104. The first kappa shape index (κ1) is 19.9. The first-order chi connectivity index (χ1) is 11.3. The molecular formula is C18H20N2O3. The molecule has 5 heteroatoms. The molecule has 0 aliphatic carbocycles. The number of hydrogen-bond acceptors (Lipinski definition) is 4. The molecule has 0 bridgehead atoms. The molecule has 0 unspecified atom stereocenters. The second-order valence-electron chi connectivity index (χ2n) is 4.00. The highest BCUT2D eigenvalue weighted by Crippen LogP contribution is 1.88. The zero-order valence-electron chi connectivity index (χ0n) is 13.0. The molecule has 0 amide bonds. The van der Waals surface area contributed by atoms with E-state index in [1.165, 1.54) is 6.08 Å². The molecule has 2 aromatic rings. The molecule has 0 radical (unpaired) electrons. The number of H-pyrrole nitrogens is 1. The monoisotopic (exact) mass is 312 g/mol. The van der Waals surface area contributed by atoms with Gasteiger partial charge in [0.1, 0.15) is 12.6 Å². The minimum Gasteiger partial charge on any atom is -0.359 e. The summed E-state index contributed by atoms with van der Waals surface area (Å²) in [7, 11) is 0. The summed E-state index contributed by atoms with van der Waals surface area (Å²) in [5.41, 5.74) is 1.29. The van der Waals surface area contributed by atoms with Crippen molar-refractivity contribution >= 4 is 18.9 Å². The summed E-state index contributed by atoms with van der Waals surface area (Å²) in [6.07, 6.45) is 15.3. The van der Waals surface area contributed by atoms with Gasteiger partial charge in [0.2, 0.25) is 0 Å². The number of carbonyl (C=O) groups excluding carboxylic acids is 3. The van der Waals surface area contributed by atoms with Crippen molar-refractivity contribution in [3.8, 4) is 0 Å². The highest BCUT2D eigenvalue weighted by atomic mass is 16.1. The van der Waals surface area contributed by atoms with E-state index in [1.807, 2.05) is 19.1 Å². The second kappa shape index (κ2) is 15.3. The zero-order chi connectivity index (χ0) is 17.2. The molecule has 0 atom stereocenters. The van der Waals surface area contributed by atoms with Crippen LogP contribution in [-0.4, -0.2) is 28.8 Å². The Morgan fingerprint density at radius 3 is 2.13 bits per heavy atom. The van der Waals surface area contributed by atoms with Gasteiger partial charge >= 0.3 is 0 Å². The fourth-order valence-corrected chi connectivity index (χ4v) is 1.18. The molecule has 2 heterocycles. The van der Waals surface area contributed by atoms with Crippen molar-refractivity contribution in [1.29, 1.82) is 0 Å². The number of rotatable bonds is 5. The molecule has 23 heavy (non-hydrogen) atoms. The summed E-state index contributed by atoms with van der Waals surface area (Å²) in [6, 6.07) is 6.82. The molecule has 0 spiro atoms. The third-order valence-corrected chi connectivity index (χ3v) is 2.26. The van der Waals surface area contributed by atoms with E-state index in [-0.39, 0.29) is 0 Å². The Balaban J connectivity index is 0.000000316. The van der Waals surface area contributed by atoms with Crippen LogP contribution in [0.25, 0.3) is 0 Å². The Hall–Kier alpha value is -3.08. The highest BCUT2D eigenvalue weighted by molar-refractivity contribution is 5.74. The van der Waals surface area contributed by atoms with E-state index in [1.54, 1.807) is 48.9 Å². The maximum absolute atomic E-state index is 9.98. The van der Waals surface area contributed by atoms with Gasteiger partial charge in [0.05, 0.1) is 5.69 Å². The maximum Gasteiger partial charge on any atom is 0.166 e. The zero-order valence-corrected chi connectivity index (χ0v) is 13.0. The summed E-state index contributed by atoms with van der Waals surface area (Å²) >= 11 is 0. The van der Waals surface area contributed by atoms with E-state index in [0.29, 0.717) is 11.3 Å². The summed E-state index contributed by atoms with van der Waals surface area (Å²) in [5, 5.41) is 0. The van der Waals surface area contributed by atoms with E-state index in [0.717, 1.165) is 25.3 Å². The fourth-order valence-electron chi connectivity index (χ4n) is 1.18. The Morgan fingerprint density at radius 2 is 1.74 bits per heavy atom. The first-order valence-corrected chi connectivity index (χ1v) is 6.99. The number of allylic oxidation sites excluding steroid dienone is 4. The van der Waals surface area contributed by atoms with Gasteiger partial charge in [0.15, 0.2) is 6.29 Å². The average molecular weight is 312 g/mol. The number of aromatic amines is 1. The van der Waals surface area contributed by atoms with Crippen molar-refractivity contribution < 1.29 is 14.4 Å². The van der Waals surface area contributed by atoms with Crippen molar-refractivity contribution in [2.75, 3.05) is 0 Å². The number of pyridine rings is 1. The summed E-state index contributed by atoms with van der Waals surface area (Å²) in [6.45, 7) is 2.05. The normalized spacial score (nSPS) is 9.43. The third kappa shape index (κ3) is 12.4. The summed E-state index contributed by atoms with van der Waals surface area (Å²) in [5.74, 6) is 0. The van der Waals surface area contributed by atoms with Crippen molar-refractivity contribution in [1.82, 2.24) is 9.97 Å². The van der Waals surface area contributed by atoms with Gasteiger partial charge in [-0.1, -0.05) is 25.2 Å². The molecule has 0 fully saturated rings. The van der Waals surface area contributed by atoms with Crippen LogP contribution in [0.5, 0.6) is 0 Å². The molecule has 2 aromatic heterocycles. The van der Waals surface area contributed by atoms with Gasteiger partial charge in [0, 0.05) is 24.2 Å². The van der Waals surface area contributed by atoms with E-state index < -0.39 is 0 Å². The van der Waals surface area contributed by atoms with Crippen LogP contribution in [0.1, 0.15) is 34.2 Å². The minimum absolute atomic E-state index is 0.625. The van der Waals surface area contributed by atoms with Crippen LogP contribution in [0, 0.1) is 0 Å².